The molecule has 0 amide bonds. The Kier molecular flexibility index (Phi) is 26.4. The van der Waals surface area contributed by atoms with E-state index in [0.717, 1.165) is 18.7 Å². The summed E-state index contributed by atoms with van der Waals surface area (Å²) in [5.74, 6) is 0. The number of hydrogen-bond donors (Lipinski definition) is 1. The van der Waals surface area contributed by atoms with Gasteiger partial charge in [-0.1, -0.05) is 129 Å². The molecule has 0 heterocycles. The van der Waals surface area contributed by atoms with Gasteiger partial charge in [-0.3, -0.25) is 9.89 Å². The number of nitrogens with zero attached hydrogens (tertiary/aromatic N) is 2. The maximum Gasteiger partial charge on any atom is 0.0572 e. The summed E-state index contributed by atoms with van der Waals surface area (Å²) in [7, 11) is 0. The van der Waals surface area contributed by atoms with E-state index in [9.17, 15) is 0 Å². The monoisotopic (exact) mass is 504 g/mol. The van der Waals surface area contributed by atoms with Crippen molar-refractivity contribution in [2.75, 3.05) is 19.6 Å². The number of nitrogens with two attached hydrogens (primary N) is 1. The molecule has 0 fully saturated rings. The molecule has 212 valence electrons. The van der Waals surface area contributed by atoms with E-state index in [4.69, 9.17) is 10.7 Å². The zero-order valence-corrected chi connectivity index (χ0v) is 25.2. The Bertz CT molecular complexity index is 519. The average molecular weight is 504 g/mol. The van der Waals surface area contributed by atoms with Crippen molar-refractivity contribution in [1.82, 2.24) is 4.90 Å². The van der Waals surface area contributed by atoms with Gasteiger partial charge in [0.25, 0.3) is 0 Å². The number of hydrogen-bond acceptors (Lipinski definition) is 3. The van der Waals surface area contributed by atoms with Gasteiger partial charge in [0.15, 0.2) is 0 Å². The molecule has 0 saturated carbocycles. The summed E-state index contributed by atoms with van der Waals surface area (Å²) in [5.41, 5.74) is 7.97. The van der Waals surface area contributed by atoms with Crippen LogP contribution in [0.4, 0.5) is 0 Å². The third-order valence-electron chi connectivity index (χ3n) is 7.49. The molecule has 3 nitrogen and oxygen atoms in total. The molecular weight excluding hydrogens is 438 g/mol. The minimum Gasteiger partial charge on any atom is -0.330 e. The molecule has 36 heavy (non-hydrogen) atoms. The fraction of sp³-hybridized carbons (Fsp3) is 0.848. The van der Waals surface area contributed by atoms with Crippen LogP contribution in [-0.4, -0.2) is 36.3 Å². The van der Waals surface area contributed by atoms with Crippen LogP contribution < -0.4 is 5.73 Å². The van der Waals surface area contributed by atoms with Gasteiger partial charge < -0.3 is 5.73 Å². The number of aliphatic imine (C=N–C) groups is 1. The minimum absolute atomic E-state index is 0.395. The molecule has 0 aromatic carbocycles. The van der Waals surface area contributed by atoms with Crippen molar-refractivity contribution in [2.24, 2.45) is 10.7 Å². The van der Waals surface area contributed by atoms with Crippen molar-refractivity contribution in [3.63, 3.8) is 0 Å². The van der Waals surface area contributed by atoms with E-state index in [2.05, 4.69) is 45.2 Å². The van der Waals surface area contributed by atoms with Gasteiger partial charge in [-0.05, 0) is 65.2 Å². The van der Waals surface area contributed by atoms with E-state index in [1.54, 1.807) is 0 Å². The molecule has 1 atom stereocenters. The SMILES string of the molecule is C=CC(=N/C(C)=C\C)C(CCCCCCCN)N(CCCCCCCCC)CCCCCCCCC. The Morgan fingerprint density at radius 3 is 1.61 bits per heavy atom. The fourth-order valence-corrected chi connectivity index (χ4v) is 5.02. The molecular formula is C33H65N3. The molecule has 0 radical (unpaired) electrons. The summed E-state index contributed by atoms with van der Waals surface area (Å²) in [6.45, 7) is 16.2. The molecule has 0 aliphatic carbocycles. The van der Waals surface area contributed by atoms with Crippen molar-refractivity contribution in [1.29, 1.82) is 0 Å². The van der Waals surface area contributed by atoms with Gasteiger partial charge in [0.1, 0.15) is 0 Å². The van der Waals surface area contributed by atoms with Crippen LogP contribution in [0.3, 0.4) is 0 Å². The van der Waals surface area contributed by atoms with E-state index in [0.29, 0.717) is 6.04 Å². The van der Waals surface area contributed by atoms with Crippen LogP contribution in [0.5, 0.6) is 0 Å². The fourth-order valence-electron chi connectivity index (χ4n) is 5.02. The predicted molar refractivity (Wildman–Crippen MR) is 165 cm³/mol. The second-order valence-corrected chi connectivity index (χ2v) is 10.8. The molecule has 0 rings (SSSR count). The molecule has 1 unspecified atom stereocenters. The van der Waals surface area contributed by atoms with Crippen molar-refractivity contribution in [3.05, 3.63) is 24.4 Å². The van der Waals surface area contributed by atoms with Gasteiger partial charge in [-0.15, -0.1) is 0 Å². The van der Waals surface area contributed by atoms with Crippen molar-refractivity contribution in [3.8, 4) is 0 Å². The first-order valence-corrected chi connectivity index (χ1v) is 15.9. The van der Waals surface area contributed by atoms with Gasteiger partial charge in [-0.2, -0.15) is 0 Å². The second-order valence-electron chi connectivity index (χ2n) is 10.8. The summed E-state index contributed by atoms with van der Waals surface area (Å²) < 4.78 is 0. The largest absolute Gasteiger partial charge is 0.330 e. The van der Waals surface area contributed by atoms with Crippen molar-refractivity contribution < 1.29 is 0 Å². The first-order valence-electron chi connectivity index (χ1n) is 15.9. The van der Waals surface area contributed by atoms with E-state index >= 15 is 0 Å². The zero-order valence-electron chi connectivity index (χ0n) is 25.2. The molecule has 0 bridgehead atoms. The first kappa shape index (κ1) is 35.1. The molecule has 0 aromatic heterocycles. The second kappa shape index (κ2) is 27.1. The molecule has 0 aromatic rings. The van der Waals surface area contributed by atoms with Crippen LogP contribution >= 0.6 is 0 Å². The highest BCUT2D eigenvalue weighted by molar-refractivity contribution is 5.99. The molecule has 0 saturated heterocycles. The van der Waals surface area contributed by atoms with E-state index in [-0.39, 0.29) is 0 Å². The van der Waals surface area contributed by atoms with Crippen LogP contribution in [0.1, 0.15) is 156 Å². The third-order valence-corrected chi connectivity index (χ3v) is 7.49. The summed E-state index contributed by atoms with van der Waals surface area (Å²) >= 11 is 0. The van der Waals surface area contributed by atoms with E-state index < -0.39 is 0 Å². The van der Waals surface area contributed by atoms with Crippen LogP contribution in [-0.2, 0) is 0 Å². The molecule has 0 aliphatic rings. The number of allylic oxidation sites excluding steroid dienone is 2. The van der Waals surface area contributed by atoms with Crippen LogP contribution in [0.25, 0.3) is 0 Å². The van der Waals surface area contributed by atoms with Crippen LogP contribution in [0.2, 0.25) is 0 Å². The predicted octanol–water partition coefficient (Wildman–Crippen LogP) is 10.0. The lowest BCUT2D eigenvalue weighted by Crippen LogP contribution is -2.42. The lowest BCUT2D eigenvalue weighted by molar-refractivity contribution is 0.219. The van der Waals surface area contributed by atoms with Crippen molar-refractivity contribution in [2.45, 2.75) is 162 Å². The van der Waals surface area contributed by atoms with Gasteiger partial charge in [0.05, 0.1) is 11.8 Å². The van der Waals surface area contributed by atoms with Gasteiger partial charge in [0, 0.05) is 5.70 Å². The van der Waals surface area contributed by atoms with E-state index in [1.165, 1.54) is 141 Å². The van der Waals surface area contributed by atoms with Gasteiger partial charge in [-0.25, -0.2) is 0 Å². The Morgan fingerprint density at radius 2 is 1.17 bits per heavy atom. The Hall–Kier alpha value is -0.930. The normalized spacial score (nSPS) is 13.5. The van der Waals surface area contributed by atoms with Crippen LogP contribution in [0, 0.1) is 0 Å². The topological polar surface area (TPSA) is 41.6 Å². The third kappa shape index (κ3) is 20.2. The summed E-state index contributed by atoms with van der Waals surface area (Å²) in [6.07, 6.45) is 30.8. The molecule has 0 aliphatic heterocycles. The highest BCUT2D eigenvalue weighted by Gasteiger charge is 2.22. The summed E-state index contributed by atoms with van der Waals surface area (Å²) in [5, 5.41) is 0. The Morgan fingerprint density at radius 1 is 0.722 bits per heavy atom. The summed E-state index contributed by atoms with van der Waals surface area (Å²) in [6, 6.07) is 0.395. The van der Waals surface area contributed by atoms with E-state index in [1.807, 2.05) is 6.08 Å². The zero-order chi connectivity index (χ0) is 26.7. The lowest BCUT2D eigenvalue weighted by Gasteiger charge is -2.32. The number of unbranched alkanes of at least 4 members (excludes halogenated alkanes) is 16. The Labute approximate surface area is 227 Å². The Balaban J connectivity index is 5.18. The quantitative estimate of drug-likeness (QED) is 0.0894. The van der Waals surface area contributed by atoms with Gasteiger partial charge >= 0.3 is 0 Å². The summed E-state index contributed by atoms with van der Waals surface area (Å²) in [4.78, 5) is 7.80. The molecule has 3 heteroatoms. The lowest BCUT2D eigenvalue weighted by atomic mass is 9.99. The van der Waals surface area contributed by atoms with Gasteiger partial charge in [0.2, 0.25) is 0 Å². The van der Waals surface area contributed by atoms with Crippen LogP contribution in [0.15, 0.2) is 29.4 Å². The maximum atomic E-state index is 5.69. The standard InChI is InChI=1S/C33H65N3/c1-6-10-12-14-16-21-25-29-36(30-26-22-17-15-13-11-7-2)33(27-23-19-18-20-24-28-34)32(9-4)35-31(5)8-3/h8-9,33H,4,6-7,10-30,34H2,1-3,5H3/b31-8-,35-32?. The average Bonchev–Trinajstić information content (AvgIpc) is 2.89. The minimum atomic E-state index is 0.395. The first-order chi connectivity index (χ1) is 17.6. The highest BCUT2D eigenvalue weighted by atomic mass is 15.2. The smallest absolute Gasteiger partial charge is 0.0572 e. The maximum absolute atomic E-state index is 5.69. The molecule has 0 spiro atoms. The highest BCUT2D eigenvalue weighted by Crippen LogP contribution is 2.19. The van der Waals surface area contributed by atoms with Crippen molar-refractivity contribution >= 4 is 5.71 Å². The number of rotatable bonds is 27. The molecule has 2 N–H and O–H groups in total.